The highest BCUT2D eigenvalue weighted by molar-refractivity contribution is 5.79. The molecule has 1 heterocycles. The van der Waals surface area contributed by atoms with Crippen LogP contribution in [0.25, 0.3) is 0 Å². The van der Waals surface area contributed by atoms with Gasteiger partial charge < -0.3 is 15.1 Å². The van der Waals surface area contributed by atoms with Crippen LogP contribution in [0.15, 0.2) is 29.3 Å². The van der Waals surface area contributed by atoms with E-state index in [1.165, 1.54) is 43.5 Å². The summed E-state index contributed by atoms with van der Waals surface area (Å²) in [7, 11) is 2.14. The van der Waals surface area contributed by atoms with Crippen LogP contribution in [0.4, 0.5) is 0 Å². The second kappa shape index (κ2) is 8.70. The summed E-state index contributed by atoms with van der Waals surface area (Å²) in [5.41, 5.74) is 2.74. The maximum Gasteiger partial charge on any atom is 0.193 e. The number of nitrogens with one attached hydrogen (secondary N) is 1. The van der Waals surface area contributed by atoms with E-state index in [9.17, 15) is 0 Å². The molecule has 3 rings (SSSR count). The standard InChI is InChI=1S/C21H34N4/c1-4-17-6-8-18(9-7-17)15-24(3)21(22-5-2)23-14-19-12-13-25(16-19)20-10-11-20/h6-9,19-20H,4-5,10-16H2,1-3H3,(H,22,23). The van der Waals surface area contributed by atoms with Gasteiger partial charge >= 0.3 is 0 Å². The zero-order chi connectivity index (χ0) is 17.6. The molecule has 4 heteroatoms. The minimum absolute atomic E-state index is 0.728. The van der Waals surface area contributed by atoms with Crippen molar-refractivity contribution in [2.24, 2.45) is 10.9 Å². The first-order valence-corrected chi connectivity index (χ1v) is 10.0. The molecular weight excluding hydrogens is 308 g/mol. The Morgan fingerprint density at radius 3 is 2.52 bits per heavy atom. The Morgan fingerprint density at radius 2 is 1.88 bits per heavy atom. The number of rotatable bonds is 7. The summed E-state index contributed by atoms with van der Waals surface area (Å²) >= 11 is 0. The molecule has 0 spiro atoms. The third-order valence-electron chi connectivity index (χ3n) is 5.43. The van der Waals surface area contributed by atoms with Crippen LogP contribution in [-0.2, 0) is 13.0 Å². The molecule has 0 bridgehead atoms. The molecule has 2 fully saturated rings. The van der Waals surface area contributed by atoms with Crippen LogP contribution in [0.2, 0.25) is 0 Å². The molecule has 1 aliphatic carbocycles. The second-order valence-electron chi connectivity index (χ2n) is 7.60. The Labute approximate surface area is 153 Å². The van der Waals surface area contributed by atoms with Gasteiger partial charge in [0, 0.05) is 39.3 Å². The van der Waals surface area contributed by atoms with E-state index in [1.54, 1.807) is 0 Å². The summed E-state index contributed by atoms with van der Waals surface area (Å²) in [6.07, 6.45) is 5.23. The topological polar surface area (TPSA) is 30.9 Å². The Morgan fingerprint density at radius 1 is 1.16 bits per heavy atom. The average molecular weight is 343 g/mol. The Hall–Kier alpha value is -1.55. The molecule has 1 aliphatic heterocycles. The van der Waals surface area contributed by atoms with E-state index in [2.05, 4.69) is 60.3 Å². The van der Waals surface area contributed by atoms with Gasteiger partial charge in [-0.1, -0.05) is 31.2 Å². The van der Waals surface area contributed by atoms with Crippen molar-refractivity contribution in [1.82, 2.24) is 15.1 Å². The number of hydrogen-bond acceptors (Lipinski definition) is 2. The van der Waals surface area contributed by atoms with Crippen molar-refractivity contribution < 1.29 is 0 Å². The maximum absolute atomic E-state index is 4.94. The highest BCUT2D eigenvalue weighted by Gasteiger charge is 2.34. The molecule has 2 aliphatic rings. The lowest BCUT2D eigenvalue weighted by atomic mass is 10.1. The van der Waals surface area contributed by atoms with Crippen molar-refractivity contribution in [3.8, 4) is 0 Å². The summed E-state index contributed by atoms with van der Waals surface area (Å²) < 4.78 is 0. The Kier molecular flexibility index (Phi) is 6.35. The van der Waals surface area contributed by atoms with E-state index in [1.807, 2.05) is 0 Å². The molecule has 1 aromatic rings. The van der Waals surface area contributed by atoms with Gasteiger partial charge in [0.1, 0.15) is 0 Å². The molecule has 1 unspecified atom stereocenters. The number of benzene rings is 1. The molecule has 0 radical (unpaired) electrons. The van der Waals surface area contributed by atoms with Gasteiger partial charge in [0.15, 0.2) is 5.96 Å². The van der Waals surface area contributed by atoms with Crippen LogP contribution >= 0.6 is 0 Å². The smallest absolute Gasteiger partial charge is 0.193 e. The van der Waals surface area contributed by atoms with Gasteiger partial charge in [0.2, 0.25) is 0 Å². The molecule has 25 heavy (non-hydrogen) atoms. The van der Waals surface area contributed by atoms with Crippen molar-refractivity contribution in [1.29, 1.82) is 0 Å². The van der Waals surface area contributed by atoms with E-state index >= 15 is 0 Å². The van der Waals surface area contributed by atoms with E-state index in [0.717, 1.165) is 44.0 Å². The van der Waals surface area contributed by atoms with Crippen molar-refractivity contribution in [3.63, 3.8) is 0 Å². The normalized spacial score (nSPS) is 21.6. The lowest BCUT2D eigenvalue weighted by molar-refractivity contribution is 0.315. The maximum atomic E-state index is 4.94. The van der Waals surface area contributed by atoms with Gasteiger partial charge in [0.25, 0.3) is 0 Å². The zero-order valence-electron chi connectivity index (χ0n) is 16.2. The van der Waals surface area contributed by atoms with Crippen molar-refractivity contribution in [3.05, 3.63) is 35.4 Å². The fourth-order valence-electron chi connectivity index (χ4n) is 3.70. The zero-order valence-corrected chi connectivity index (χ0v) is 16.2. The summed E-state index contributed by atoms with van der Waals surface area (Å²) in [6, 6.07) is 9.85. The molecule has 0 aromatic heterocycles. The largest absolute Gasteiger partial charge is 0.357 e. The van der Waals surface area contributed by atoms with E-state index in [0.29, 0.717) is 0 Å². The molecule has 1 saturated heterocycles. The molecular formula is C21H34N4. The van der Waals surface area contributed by atoms with Crippen LogP contribution in [0.1, 0.15) is 44.2 Å². The number of aliphatic imine (C=N–C) groups is 1. The molecule has 4 nitrogen and oxygen atoms in total. The fourth-order valence-corrected chi connectivity index (χ4v) is 3.70. The van der Waals surface area contributed by atoms with Crippen molar-refractivity contribution >= 4 is 5.96 Å². The SMILES string of the molecule is CCNC(=NCC1CCN(C2CC2)C1)N(C)Cc1ccc(CC)cc1. The first kappa shape index (κ1) is 18.2. The van der Waals surface area contributed by atoms with E-state index in [-0.39, 0.29) is 0 Å². The molecule has 1 aromatic carbocycles. The quantitative estimate of drug-likeness (QED) is 0.610. The first-order valence-electron chi connectivity index (χ1n) is 10.0. The third-order valence-corrected chi connectivity index (χ3v) is 5.43. The fraction of sp³-hybridized carbons (Fsp3) is 0.667. The summed E-state index contributed by atoms with van der Waals surface area (Å²) in [6.45, 7) is 9.63. The minimum Gasteiger partial charge on any atom is -0.357 e. The predicted molar refractivity (Wildman–Crippen MR) is 106 cm³/mol. The highest BCUT2D eigenvalue weighted by Crippen LogP contribution is 2.31. The lowest BCUT2D eigenvalue weighted by Crippen LogP contribution is -2.39. The minimum atomic E-state index is 0.728. The van der Waals surface area contributed by atoms with Crippen LogP contribution in [0.3, 0.4) is 0 Å². The Balaban J connectivity index is 1.54. The third kappa shape index (κ3) is 5.21. The van der Waals surface area contributed by atoms with Crippen molar-refractivity contribution in [2.45, 2.75) is 52.1 Å². The van der Waals surface area contributed by atoms with Crippen LogP contribution < -0.4 is 5.32 Å². The van der Waals surface area contributed by atoms with Gasteiger partial charge in [-0.2, -0.15) is 0 Å². The number of nitrogens with zero attached hydrogens (tertiary/aromatic N) is 3. The van der Waals surface area contributed by atoms with Crippen LogP contribution in [0.5, 0.6) is 0 Å². The van der Waals surface area contributed by atoms with Gasteiger partial charge in [-0.05, 0) is 56.2 Å². The van der Waals surface area contributed by atoms with Gasteiger partial charge in [-0.3, -0.25) is 4.99 Å². The number of hydrogen-bond donors (Lipinski definition) is 1. The number of likely N-dealkylation sites (tertiary alicyclic amines) is 1. The van der Waals surface area contributed by atoms with E-state index in [4.69, 9.17) is 4.99 Å². The molecule has 0 amide bonds. The monoisotopic (exact) mass is 342 g/mol. The summed E-state index contributed by atoms with van der Waals surface area (Å²) in [5, 5.41) is 3.46. The summed E-state index contributed by atoms with van der Waals surface area (Å²) in [5.74, 6) is 1.76. The van der Waals surface area contributed by atoms with Gasteiger partial charge in [-0.15, -0.1) is 0 Å². The molecule has 1 saturated carbocycles. The van der Waals surface area contributed by atoms with Crippen molar-refractivity contribution in [2.75, 3.05) is 33.2 Å². The number of guanidine groups is 1. The highest BCUT2D eigenvalue weighted by atomic mass is 15.3. The number of aryl methyl sites for hydroxylation is 1. The van der Waals surface area contributed by atoms with Crippen LogP contribution in [0, 0.1) is 5.92 Å². The van der Waals surface area contributed by atoms with E-state index < -0.39 is 0 Å². The Bertz CT molecular complexity index is 562. The predicted octanol–water partition coefficient (Wildman–Crippen LogP) is 3.13. The molecule has 1 N–H and O–H groups in total. The molecule has 138 valence electrons. The van der Waals surface area contributed by atoms with Crippen LogP contribution in [-0.4, -0.2) is 55.0 Å². The summed E-state index contributed by atoms with van der Waals surface area (Å²) in [4.78, 5) is 9.87. The molecule has 1 atom stereocenters. The lowest BCUT2D eigenvalue weighted by Gasteiger charge is -2.23. The first-order chi connectivity index (χ1) is 12.2. The second-order valence-corrected chi connectivity index (χ2v) is 7.60. The average Bonchev–Trinajstić information content (AvgIpc) is 3.38. The van der Waals surface area contributed by atoms with Gasteiger partial charge in [0.05, 0.1) is 0 Å². The van der Waals surface area contributed by atoms with Gasteiger partial charge in [-0.25, -0.2) is 0 Å².